The van der Waals surface area contributed by atoms with Gasteiger partial charge in [-0.25, -0.2) is 0 Å². The molecule has 2 amide bonds. The molecule has 1 heterocycles. The van der Waals surface area contributed by atoms with Gasteiger partial charge in [0.1, 0.15) is 6.61 Å². The van der Waals surface area contributed by atoms with E-state index in [0.29, 0.717) is 42.4 Å². The Morgan fingerprint density at radius 3 is 2.21 bits per heavy atom. The number of hydrogen-bond donors (Lipinski definition) is 1. The summed E-state index contributed by atoms with van der Waals surface area (Å²) in [5.74, 6) is 1.17. The standard InChI is InChI=1S/C27H28N2O5/c1-32-23-15-21(16-24(33-2)26(23)34-18-20-7-4-3-5-8-20)27(31)28-17-19-10-12-22(13-11-19)29-14-6-9-25(29)30/h3-5,7-8,10-13,15-16H,6,9,14,17-18H2,1-2H3,(H,28,31). The van der Waals surface area contributed by atoms with Gasteiger partial charge in [-0.1, -0.05) is 42.5 Å². The van der Waals surface area contributed by atoms with Gasteiger partial charge >= 0.3 is 0 Å². The van der Waals surface area contributed by atoms with Gasteiger partial charge in [0.05, 0.1) is 14.2 Å². The average molecular weight is 461 g/mol. The maximum atomic E-state index is 12.8. The molecule has 0 aliphatic carbocycles. The number of methoxy groups -OCH3 is 2. The van der Waals surface area contributed by atoms with Crippen LogP contribution in [0.3, 0.4) is 0 Å². The lowest BCUT2D eigenvalue weighted by Gasteiger charge is -2.17. The summed E-state index contributed by atoms with van der Waals surface area (Å²) in [6, 6.07) is 20.7. The van der Waals surface area contributed by atoms with Crippen molar-refractivity contribution in [3.8, 4) is 17.2 Å². The maximum absolute atomic E-state index is 12.8. The number of anilines is 1. The summed E-state index contributed by atoms with van der Waals surface area (Å²) >= 11 is 0. The molecular formula is C27H28N2O5. The highest BCUT2D eigenvalue weighted by Gasteiger charge is 2.21. The Bertz CT molecular complexity index is 1120. The summed E-state index contributed by atoms with van der Waals surface area (Å²) in [7, 11) is 3.05. The number of carbonyl (C=O) groups excluding carboxylic acids is 2. The lowest BCUT2D eigenvalue weighted by molar-refractivity contribution is -0.117. The van der Waals surface area contributed by atoms with Crippen molar-refractivity contribution in [2.24, 2.45) is 0 Å². The molecule has 1 aliphatic rings. The zero-order valence-corrected chi connectivity index (χ0v) is 19.4. The number of nitrogens with zero attached hydrogens (tertiary/aromatic N) is 1. The number of ether oxygens (including phenoxy) is 3. The van der Waals surface area contributed by atoms with Crippen molar-refractivity contribution in [3.63, 3.8) is 0 Å². The van der Waals surface area contributed by atoms with E-state index in [1.165, 1.54) is 14.2 Å². The average Bonchev–Trinajstić information content (AvgIpc) is 3.32. The lowest BCUT2D eigenvalue weighted by Crippen LogP contribution is -2.24. The van der Waals surface area contributed by atoms with E-state index in [0.717, 1.165) is 29.8 Å². The molecule has 7 nitrogen and oxygen atoms in total. The van der Waals surface area contributed by atoms with Crippen LogP contribution in [0.5, 0.6) is 17.2 Å². The van der Waals surface area contributed by atoms with Gasteiger partial charge in [0, 0.05) is 30.8 Å². The first-order chi connectivity index (χ1) is 16.6. The molecule has 1 N–H and O–H groups in total. The van der Waals surface area contributed by atoms with Gasteiger partial charge in [-0.05, 0) is 41.8 Å². The summed E-state index contributed by atoms with van der Waals surface area (Å²) < 4.78 is 16.9. The molecule has 0 atom stereocenters. The second kappa shape index (κ2) is 10.7. The van der Waals surface area contributed by atoms with Gasteiger partial charge in [-0.2, -0.15) is 0 Å². The lowest BCUT2D eigenvalue weighted by atomic mass is 10.1. The zero-order valence-electron chi connectivity index (χ0n) is 19.4. The quantitative estimate of drug-likeness (QED) is 0.514. The highest BCUT2D eigenvalue weighted by Crippen LogP contribution is 2.39. The summed E-state index contributed by atoms with van der Waals surface area (Å²) in [5.41, 5.74) is 3.23. The fourth-order valence-corrected chi connectivity index (χ4v) is 3.88. The Labute approximate surface area is 199 Å². The molecule has 1 saturated heterocycles. The van der Waals surface area contributed by atoms with E-state index < -0.39 is 0 Å². The largest absolute Gasteiger partial charge is 0.493 e. The summed E-state index contributed by atoms with van der Waals surface area (Å²) in [6.45, 7) is 1.45. The molecule has 1 fully saturated rings. The fraction of sp³-hybridized carbons (Fsp3) is 0.259. The van der Waals surface area contributed by atoms with Crippen molar-refractivity contribution in [1.82, 2.24) is 5.32 Å². The van der Waals surface area contributed by atoms with Gasteiger partial charge < -0.3 is 24.4 Å². The van der Waals surface area contributed by atoms with E-state index in [1.807, 2.05) is 54.6 Å². The molecule has 0 saturated carbocycles. The smallest absolute Gasteiger partial charge is 0.251 e. The minimum absolute atomic E-state index is 0.153. The van der Waals surface area contributed by atoms with Crippen LogP contribution in [0.2, 0.25) is 0 Å². The molecular weight excluding hydrogens is 432 g/mol. The van der Waals surface area contributed by atoms with Crippen LogP contribution in [0.15, 0.2) is 66.7 Å². The minimum Gasteiger partial charge on any atom is -0.493 e. The van der Waals surface area contributed by atoms with E-state index >= 15 is 0 Å². The van der Waals surface area contributed by atoms with Crippen molar-refractivity contribution in [1.29, 1.82) is 0 Å². The normalized spacial score (nSPS) is 13.0. The number of carbonyl (C=O) groups is 2. The number of hydrogen-bond acceptors (Lipinski definition) is 5. The zero-order chi connectivity index (χ0) is 23.9. The maximum Gasteiger partial charge on any atom is 0.251 e. The third-order valence-corrected chi connectivity index (χ3v) is 5.72. The molecule has 0 aromatic heterocycles. The Balaban J connectivity index is 1.42. The van der Waals surface area contributed by atoms with Crippen molar-refractivity contribution >= 4 is 17.5 Å². The van der Waals surface area contributed by atoms with E-state index in [2.05, 4.69) is 5.32 Å². The molecule has 0 bridgehead atoms. The van der Waals surface area contributed by atoms with Crippen LogP contribution in [-0.4, -0.2) is 32.6 Å². The summed E-state index contributed by atoms with van der Waals surface area (Å²) in [4.78, 5) is 26.6. The molecule has 0 spiro atoms. The van der Waals surface area contributed by atoms with Gasteiger partial charge in [0.2, 0.25) is 11.7 Å². The number of benzene rings is 3. The summed E-state index contributed by atoms with van der Waals surface area (Å²) in [6.07, 6.45) is 1.49. The monoisotopic (exact) mass is 460 g/mol. The van der Waals surface area contributed by atoms with Gasteiger partial charge in [0.25, 0.3) is 5.91 Å². The fourth-order valence-electron chi connectivity index (χ4n) is 3.88. The molecule has 4 rings (SSSR count). The number of nitrogens with one attached hydrogen (secondary N) is 1. The SMILES string of the molecule is COc1cc(C(=O)NCc2ccc(N3CCCC3=O)cc2)cc(OC)c1OCc1ccccc1. The Morgan fingerprint density at radius 1 is 0.941 bits per heavy atom. The molecule has 3 aromatic carbocycles. The minimum atomic E-state index is -0.259. The van der Waals surface area contributed by atoms with Crippen molar-refractivity contribution in [2.45, 2.75) is 26.0 Å². The predicted octanol–water partition coefficient (Wildman–Crippen LogP) is 4.34. The first kappa shape index (κ1) is 23.2. The van der Waals surface area contributed by atoms with Gasteiger partial charge in [-0.3, -0.25) is 9.59 Å². The van der Waals surface area contributed by atoms with Gasteiger partial charge in [0.15, 0.2) is 11.5 Å². The summed E-state index contributed by atoms with van der Waals surface area (Å²) in [5, 5.41) is 2.92. The molecule has 7 heteroatoms. The number of rotatable bonds is 9. The van der Waals surface area contributed by atoms with Crippen LogP contribution in [0.1, 0.15) is 34.3 Å². The third kappa shape index (κ3) is 5.31. The van der Waals surface area contributed by atoms with Crippen LogP contribution in [0.4, 0.5) is 5.69 Å². The first-order valence-corrected chi connectivity index (χ1v) is 11.2. The molecule has 176 valence electrons. The Hall–Kier alpha value is -4.00. The molecule has 0 radical (unpaired) electrons. The van der Waals surface area contributed by atoms with Gasteiger partial charge in [-0.15, -0.1) is 0 Å². The van der Waals surface area contributed by atoms with Crippen LogP contribution in [0.25, 0.3) is 0 Å². The third-order valence-electron chi connectivity index (χ3n) is 5.72. The Morgan fingerprint density at radius 2 is 1.62 bits per heavy atom. The molecule has 34 heavy (non-hydrogen) atoms. The highest BCUT2D eigenvalue weighted by atomic mass is 16.5. The molecule has 3 aromatic rings. The van der Waals surface area contributed by atoms with E-state index in [9.17, 15) is 9.59 Å². The second-order valence-electron chi connectivity index (χ2n) is 7.98. The number of amides is 2. The van der Waals surface area contributed by atoms with Crippen molar-refractivity contribution < 1.29 is 23.8 Å². The van der Waals surface area contributed by atoms with E-state index in [1.54, 1.807) is 17.0 Å². The molecule has 1 aliphatic heterocycles. The Kier molecular flexibility index (Phi) is 7.32. The van der Waals surface area contributed by atoms with Crippen LogP contribution >= 0.6 is 0 Å². The van der Waals surface area contributed by atoms with Crippen LogP contribution in [-0.2, 0) is 17.9 Å². The van der Waals surface area contributed by atoms with Crippen LogP contribution in [0, 0.1) is 0 Å². The molecule has 0 unspecified atom stereocenters. The second-order valence-corrected chi connectivity index (χ2v) is 7.98. The van der Waals surface area contributed by atoms with Crippen molar-refractivity contribution in [3.05, 3.63) is 83.4 Å². The predicted molar refractivity (Wildman–Crippen MR) is 130 cm³/mol. The van der Waals surface area contributed by atoms with Crippen molar-refractivity contribution in [2.75, 3.05) is 25.7 Å². The van der Waals surface area contributed by atoms with E-state index in [-0.39, 0.29) is 11.8 Å². The highest BCUT2D eigenvalue weighted by molar-refractivity contribution is 5.96. The van der Waals surface area contributed by atoms with E-state index in [4.69, 9.17) is 14.2 Å². The topological polar surface area (TPSA) is 77.1 Å². The van der Waals surface area contributed by atoms with Crippen LogP contribution < -0.4 is 24.4 Å². The first-order valence-electron chi connectivity index (χ1n) is 11.2.